The van der Waals surface area contributed by atoms with Crippen LogP contribution in [0.4, 0.5) is 0 Å². The van der Waals surface area contributed by atoms with E-state index in [0.29, 0.717) is 17.7 Å². The third-order valence-corrected chi connectivity index (χ3v) is 2.45. The summed E-state index contributed by atoms with van der Waals surface area (Å²) in [5, 5.41) is 0. The van der Waals surface area contributed by atoms with E-state index in [2.05, 4.69) is 6.92 Å². The number of ether oxygens (including phenoxy) is 1. The molecule has 1 aromatic carbocycles. The zero-order valence-electron chi connectivity index (χ0n) is 9.67. The summed E-state index contributed by atoms with van der Waals surface area (Å²) < 4.78 is 5.23. The summed E-state index contributed by atoms with van der Waals surface area (Å²) in [6.07, 6.45) is 2.41. The Morgan fingerprint density at radius 3 is 2.60 bits per heavy atom. The average Bonchev–Trinajstić information content (AvgIpc) is 2.28. The zero-order valence-corrected chi connectivity index (χ0v) is 9.67. The van der Waals surface area contributed by atoms with E-state index in [-0.39, 0.29) is 5.78 Å². The molecule has 0 fully saturated rings. The van der Waals surface area contributed by atoms with Gasteiger partial charge in [-0.2, -0.15) is 0 Å². The maximum Gasteiger partial charge on any atom is 0.166 e. The summed E-state index contributed by atoms with van der Waals surface area (Å²) in [5.74, 6) is 0.866. The van der Waals surface area contributed by atoms with Crippen LogP contribution >= 0.6 is 0 Å². The highest BCUT2D eigenvalue weighted by Gasteiger charge is 2.11. The van der Waals surface area contributed by atoms with Gasteiger partial charge in [0.05, 0.1) is 12.7 Å². The van der Waals surface area contributed by atoms with Crippen LogP contribution in [0.5, 0.6) is 5.75 Å². The van der Waals surface area contributed by atoms with Crippen molar-refractivity contribution in [2.24, 2.45) is 0 Å². The second-order valence-corrected chi connectivity index (χ2v) is 3.56. The summed E-state index contributed by atoms with van der Waals surface area (Å²) in [6, 6.07) is 5.81. The van der Waals surface area contributed by atoms with Gasteiger partial charge in [0.1, 0.15) is 5.75 Å². The molecule has 0 unspecified atom stereocenters. The summed E-state index contributed by atoms with van der Waals surface area (Å²) in [5.41, 5.74) is 1.90. The largest absolute Gasteiger partial charge is 0.496 e. The predicted molar refractivity (Wildman–Crippen MR) is 61.6 cm³/mol. The fourth-order valence-corrected chi connectivity index (χ4v) is 1.55. The first-order valence-corrected chi connectivity index (χ1v) is 5.43. The molecule has 0 saturated carbocycles. The first-order valence-electron chi connectivity index (χ1n) is 5.43. The summed E-state index contributed by atoms with van der Waals surface area (Å²) in [7, 11) is 1.61. The first kappa shape index (κ1) is 11.8. The van der Waals surface area contributed by atoms with E-state index < -0.39 is 0 Å². The molecule has 0 bridgehead atoms. The van der Waals surface area contributed by atoms with Gasteiger partial charge in [0.15, 0.2) is 5.78 Å². The standard InChI is InChI=1S/C13H18O2/c1-4-6-12(14)11-8-7-10(5-2)9-13(11)15-3/h7-9H,4-6H2,1-3H3. The minimum Gasteiger partial charge on any atom is -0.496 e. The molecule has 15 heavy (non-hydrogen) atoms. The number of benzene rings is 1. The van der Waals surface area contributed by atoms with Crippen LogP contribution in [-0.4, -0.2) is 12.9 Å². The van der Waals surface area contributed by atoms with Crippen LogP contribution < -0.4 is 4.74 Å². The van der Waals surface area contributed by atoms with E-state index in [1.54, 1.807) is 7.11 Å². The number of methoxy groups -OCH3 is 1. The van der Waals surface area contributed by atoms with Crippen molar-refractivity contribution in [1.82, 2.24) is 0 Å². The van der Waals surface area contributed by atoms with Crippen molar-refractivity contribution in [1.29, 1.82) is 0 Å². The molecule has 1 rings (SSSR count). The summed E-state index contributed by atoms with van der Waals surface area (Å²) in [4.78, 5) is 11.7. The van der Waals surface area contributed by atoms with Crippen molar-refractivity contribution >= 4 is 5.78 Å². The second-order valence-electron chi connectivity index (χ2n) is 3.56. The van der Waals surface area contributed by atoms with Crippen LogP contribution in [0.3, 0.4) is 0 Å². The monoisotopic (exact) mass is 206 g/mol. The molecular formula is C13H18O2. The van der Waals surface area contributed by atoms with Gasteiger partial charge in [0.2, 0.25) is 0 Å². The van der Waals surface area contributed by atoms with Gasteiger partial charge in [0, 0.05) is 6.42 Å². The highest BCUT2D eigenvalue weighted by molar-refractivity contribution is 5.98. The molecule has 82 valence electrons. The lowest BCUT2D eigenvalue weighted by Gasteiger charge is -2.08. The number of carbonyl (C=O) groups is 1. The van der Waals surface area contributed by atoms with Crippen LogP contribution in [0.1, 0.15) is 42.6 Å². The maximum absolute atomic E-state index is 11.7. The summed E-state index contributed by atoms with van der Waals surface area (Å²) in [6.45, 7) is 4.09. The highest BCUT2D eigenvalue weighted by atomic mass is 16.5. The fraction of sp³-hybridized carbons (Fsp3) is 0.462. The Labute approximate surface area is 91.3 Å². The lowest BCUT2D eigenvalue weighted by atomic mass is 10.0. The number of Topliss-reactive ketones (excluding diaryl/α,β-unsaturated/α-hetero) is 1. The van der Waals surface area contributed by atoms with E-state index in [1.807, 2.05) is 25.1 Å². The molecule has 0 aliphatic heterocycles. The molecule has 0 radical (unpaired) electrons. The van der Waals surface area contributed by atoms with E-state index in [4.69, 9.17) is 4.74 Å². The number of ketones is 1. The molecule has 0 atom stereocenters. The van der Waals surface area contributed by atoms with E-state index >= 15 is 0 Å². The molecule has 0 aromatic heterocycles. The van der Waals surface area contributed by atoms with Crippen molar-refractivity contribution in [2.75, 3.05) is 7.11 Å². The van der Waals surface area contributed by atoms with Crippen LogP contribution in [-0.2, 0) is 6.42 Å². The van der Waals surface area contributed by atoms with Crippen molar-refractivity contribution in [3.63, 3.8) is 0 Å². The fourth-order valence-electron chi connectivity index (χ4n) is 1.55. The lowest BCUT2D eigenvalue weighted by molar-refractivity contribution is 0.0979. The van der Waals surface area contributed by atoms with Crippen molar-refractivity contribution in [3.05, 3.63) is 29.3 Å². The Balaban J connectivity index is 3.02. The first-order chi connectivity index (χ1) is 7.22. The zero-order chi connectivity index (χ0) is 11.3. The molecule has 0 spiro atoms. The molecule has 2 heteroatoms. The highest BCUT2D eigenvalue weighted by Crippen LogP contribution is 2.22. The van der Waals surface area contributed by atoms with Gasteiger partial charge < -0.3 is 4.74 Å². The average molecular weight is 206 g/mol. The number of hydrogen-bond acceptors (Lipinski definition) is 2. The Bertz CT molecular complexity index is 342. The van der Waals surface area contributed by atoms with Gasteiger partial charge in [0.25, 0.3) is 0 Å². The van der Waals surface area contributed by atoms with Crippen LogP contribution in [0.15, 0.2) is 18.2 Å². The van der Waals surface area contributed by atoms with Gasteiger partial charge >= 0.3 is 0 Å². The van der Waals surface area contributed by atoms with Crippen molar-refractivity contribution in [3.8, 4) is 5.75 Å². The van der Waals surface area contributed by atoms with Gasteiger partial charge in [-0.1, -0.05) is 19.9 Å². The van der Waals surface area contributed by atoms with Gasteiger partial charge in [-0.05, 0) is 30.5 Å². The van der Waals surface area contributed by atoms with Crippen LogP contribution in [0.2, 0.25) is 0 Å². The van der Waals surface area contributed by atoms with Crippen LogP contribution in [0, 0.1) is 0 Å². The molecule has 1 aromatic rings. The third-order valence-electron chi connectivity index (χ3n) is 2.45. The van der Waals surface area contributed by atoms with E-state index in [1.165, 1.54) is 5.56 Å². The predicted octanol–water partition coefficient (Wildman–Crippen LogP) is 3.24. The molecule has 0 aliphatic rings. The van der Waals surface area contributed by atoms with Gasteiger partial charge in [-0.3, -0.25) is 4.79 Å². The molecule has 0 amide bonds. The molecule has 0 heterocycles. The minimum absolute atomic E-state index is 0.164. The number of hydrogen-bond donors (Lipinski definition) is 0. The van der Waals surface area contributed by atoms with E-state index in [0.717, 1.165) is 12.8 Å². The summed E-state index contributed by atoms with van der Waals surface area (Å²) >= 11 is 0. The van der Waals surface area contributed by atoms with Crippen LogP contribution in [0.25, 0.3) is 0 Å². The lowest BCUT2D eigenvalue weighted by Crippen LogP contribution is -2.02. The molecule has 2 nitrogen and oxygen atoms in total. The SMILES string of the molecule is CCCC(=O)c1ccc(CC)cc1OC. The van der Waals surface area contributed by atoms with Gasteiger partial charge in [-0.15, -0.1) is 0 Å². The van der Waals surface area contributed by atoms with Crippen molar-refractivity contribution < 1.29 is 9.53 Å². The Hall–Kier alpha value is -1.31. The Kier molecular flexibility index (Phi) is 4.35. The number of rotatable bonds is 5. The Morgan fingerprint density at radius 2 is 2.07 bits per heavy atom. The van der Waals surface area contributed by atoms with E-state index in [9.17, 15) is 4.79 Å². The second kappa shape index (κ2) is 5.54. The number of aryl methyl sites for hydroxylation is 1. The molecule has 0 N–H and O–H groups in total. The Morgan fingerprint density at radius 1 is 1.33 bits per heavy atom. The van der Waals surface area contributed by atoms with Crippen molar-refractivity contribution in [2.45, 2.75) is 33.1 Å². The molecular weight excluding hydrogens is 188 g/mol. The minimum atomic E-state index is 0.164. The maximum atomic E-state index is 11.7. The number of carbonyl (C=O) groups excluding carboxylic acids is 1. The topological polar surface area (TPSA) is 26.3 Å². The quantitative estimate of drug-likeness (QED) is 0.691. The normalized spacial score (nSPS) is 10.1. The smallest absolute Gasteiger partial charge is 0.166 e. The van der Waals surface area contributed by atoms with Gasteiger partial charge in [-0.25, -0.2) is 0 Å². The molecule has 0 saturated heterocycles. The molecule has 0 aliphatic carbocycles. The third kappa shape index (κ3) is 2.82.